The highest BCUT2D eigenvalue weighted by Gasteiger charge is 2.35. The van der Waals surface area contributed by atoms with Crippen LogP contribution in [0, 0.1) is 17.3 Å². The summed E-state index contributed by atoms with van der Waals surface area (Å²) < 4.78 is 0. The van der Waals surface area contributed by atoms with Gasteiger partial charge in [0.25, 0.3) is 5.91 Å². The van der Waals surface area contributed by atoms with E-state index in [9.17, 15) is 4.79 Å². The first-order chi connectivity index (χ1) is 9.71. The Hall–Kier alpha value is -1.31. The van der Waals surface area contributed by atoms with Crippen molar-refractivity contribution in [3.63, 3.8) is 0 Å². The lowest BCUT2D eigenvalue weighted by molar-refractivity contribution is 0.0853. The number of amides is 1. The Morgan fingerprint density at radius 2 is 2.35 bits per heavy atom. The zero-order valence-electron chi connectivity index (χ0n) is 11.9. The Bertz CT molecular complexity index is 515. The largest absolute Gasteiger partial charge is 0.395 e. The van der Waals surface area contributed by atoms with Gasteiger partial charge in [-0.1, -0.05) is 25.2 Å². The number of hydrogen-bond acceptors (Lipinski definition) is 3. The van der Waals surface area contributed by atoms with E-state index in [2.05, 4.69) is 24.1 Å². The van der Waals surface area contributed by atoms with Crippen molar-refractivity contribution >= 4 is 17.2 Å². The molecule has 1 fully saturated rings. The third-order valence-corrected chi connectivity index (χ3v) is 5.03. The summed E-state index contributed by atoms with van der Waals surface area (Å²) in [6.45, 7) is 3.02. The summed E-state index contributed by atoms with van der Waals surface area (Å²) in [5, 5.41) is 13.7. The number of hydrogen-bond donors (Lipinski definition) is 2. The van der Waals surface area contributed by atoms with Gasteiger partial charge in [0.2, 0.25) is 0 Å². The summed E-state index contributed by atoms with van der Waals surface area (Å²) >= 11 is 1.42. The van der Waals surface area contributed by atoms with Crippen LogP contribution in [0.2, 0.25) is 0 Å². The highest BCUT2D eigenvalue weighted by Crippen LogP contribution is 2.43. The summed E-state index contributed by atoms with van der Waals surface area (Å²) in [4.78, 5) is 12.9. The summed E-state index contributed by atoms with van der Waals surface area (Å²) in [7, 11) is 0. The van der Waals surface area contributed by atoms with Crippen LogP contribution in [0.5, 0.6) is 0 Å². The molecule has 0 bridgehead atoms. The fraction of sp³-hybridized carbons (Fsp3) is 0.562. The Morgan fingerprint density at radius 1 is 1.55 bits per heavy atom. The summed E-state index contributed by atoms with van der Waals surface area (Å²) in [5.74, 6) is 5.80. The average molecular weight is 291 g/mol. The third-order valence-electron chi connectivity index (χ3n) is 4.12. The topological polar surface area (TPSA) is 49.3 Å². The van der Waals surface area contributed by atoms with Crippen molar-refractivity contribution in [2.45, 2.75) is 39.0 Å². The predicted octanol–water partition coefficient (Wildman–Crippen LogP) is 2.79. The molecular formula is C16H21NO2S. The molecule has 1 heterocycles. The number of nitrogens with one attached hydrogen (secondary N) is 1. The highest BCUT2D eigenvalue weighted by molar-refractivity contribution is 7.12. The number of aliphatic hydroxyl groups is 1. The van der Waals surface area contributed by atoms with Gasteiger partial charge in [-0.2, -0.15) is 0 Å². The van der Waals surface area contributed by atoms with Crippen molar-refractivity contribution in [2.75, 3.05) is 13.2 Å². The number of thiophene rings is 1. The minimum Gasteiger partial charge on any atom is -0.395 e. The molecule has 108 valence electrons. The van der Waals surface area contributed by atoms with Gasteiger partial charge in [-0.15, -0.1) is 11.3 Å². The van der Waals surface area contributed by atoms with Crippen molar-refractivity contribution in [3.8, 4) is 11.8 Å². The fourth-order valence-corrected chi connectivity index (χ4v) is 3.24. The Kier molecular flexibility index (Phi) is 5.22. The molecule has 20 heavy (non-hydrogen) atoms. The molecule has 0 saturated heterocycles. The quantitative estimate of drug-likeness (QED) is 0.820. The van der Waals surface area contributed by atoms with Crippen LogP contribution in [0.25, 0.3) is 0 Å². The normalized spacial score (nSPS) is 15.9. The Morgan fingerprint density at radius 3 is 2.95 bits per heavy atom. The van der Waals surface area contributed by atoms with Crippen LogP contribution in [-0.2, 0) is 0 Å². The van der Waals surface area contributed by atoms with Gasteiger partial charge in [-0.25, -0.2) is 0 Å². The van der Waals surface area contributed by atoms with Gasteiger partial charge in [0.05, 0.1) is 6.61 Å². The van der Waals surface area contributed by atoms with Crippen molar-refractivity contribution in [1.29, 1.82) is 0 Å². The number of rotatable bonds is 5. The molecule has 0 spiro atoms. The van der Waals surface area contributed by atoms with E-state index in [1.54, 1.807) is 0 Å². The lowest BCUT2D eigenvalue weighted by Crippen LogP contribution is -2.41. The first-order valence-electron chi connectivity index (χ1n) is 7.16. The van der Waals surface area contributed by atoms with Gasteiger partial charge >= 0.3 is 0 Å². The molecule has 2 rings (SSSR count). The molecule has 1 amide bonds. The Balaban J connectivity index is 1.96. The van der Waals surface area contributed by atoms with Crippen LogP contribution >= 0.6 is 11.3 Å². The zero-order chi connectivity index (χ0) is 14.4. The van der Waals surface area contributed by atoms with E-state index in [0.29, 0.717) is 16.7 Å². The van der Waals surface area contributed by atoms with E-state index < -0.39 is 0 Å². The van der Waals surface area contributed by atoms with Crippen molar-refractivity contribution in [1.82, 2.24) is 5.32 Å². The highest BCUT2D eigenvalue weighted by atomic mass is 32.1. The van der Waals surface area contributed by atoms with Crippen molar-refractivity contribution < 1.29 is 9.90 Å². The van der Waals surface area contributed by atoms with Crippen LogP contribution in [0.3, 0.4) is 0 Å². The van der Waals surface area contributed by atoms with Gasteiger partial charge in [-0.05, 0) is 36.1 Å². The van der Waals surface area contributed by atoms with E-state index in [1.165, 1.54) is 30.6 Å². The van der Waals surface area contributed by atoms with Gasteiger partial charge in [0.15, 0.2) is 0 Å². The first-order valence-corrected chi connectivity index (χ1v) is 8.04. The molecule has 1 aromatic heterocycles. The molecule has 0 atom stereocenters. The second-order valence-corrected chi connectivity index (χ2v) is 6.24. The number of carbonyl (C=O) groups is 1. The summed E-state index contributed by atoms with van der Waals surface area (Å²) in [5.41, 5.74) is 1.09. The minimum atomic E-state index is -0.0203. The molecule has 0 unspecified atom stereocenters. The lowest BCUT2D eigenvalue weighted by atomic mass is 9.67. The van der Waals surface area contributed by atoms with Gasteiger partial charge in [0, 0.05) is 18.5 Å². The van der Waals surface area contributed by atoms with Crippen LogP contribution in [-0.4, -0.2) is 24.2 Å². The van der Waals surface area contributed by atoms with Crippen LogP contribution < -0.4 is 5.32 Å². The molecule has 2 N–H and O–H groups in total. The maximum Gasteiger partial charge on any atom is 0.262 e. The molecule has 0 radical (unpaired) electrons. The number of carbonyl (C=O) groups excluding carboxylic acids is 1. The van der Waals surface area contributed by atoms with Gasteiger partial charge in [-0.3, -0.25) is 4.79 Å². The van der Waals surface area contributed by atoms with E-state index in [4.69, 9.17) is 5.11 Å². The Labute approximate surface area is 124 Å². The second-order valence-electron chi connectivity index (χ2n) is 5.33. The molecule has 1 aliphatic carbocycles. The molecule has 0 aliphatic heterocycles. The maximum atomic E-state index is 12.2. The monoisotopic (exact) mass is 291 g/mol. The van der Waals surface area contributed by atoms with E-state index in [0.717, 1.165) is 18.5 Å². The standard InChI is InChI=1S/C16H21NO2S/c1-2-16(8-5-9-16)12-17-15(19)14-13(7-11-20-14)6-3-4-10-18/h7,11,18H,2,4-5,8-10,12H2,1H3,(H,17,19). The van der Waals surface area contributed by atoms with E-state index in [1.807, 2.05) is 11.4 Å². The molecule has 1 saturated carbocycles. The van der Waals surface area contributed by atoms with E-state index in [-0.39, 0.29) is 12.5 Å². The second kappa shape index (κ2) is 6.92. The van der Waals surface area contributed by atoms with Gasteiger partial charge in [0.1, 0.15) is 4.88 Å². The molecule has 3 nitrogen and oxygen atoms in total. The lowest BCUT2D eigenvalue weighted by Gasteiger charge is -2.41. The van der Waals surface area contributed by atoms with Gasteiger partial charge < -0.3 is 10.4 Å². The molecule has 4 heteroatoms. The predicted molar refractivity (Wildman–Crippen MR) is 81.8 cm³/mol. The molecule has 1 aromatic rings. The van der Waals surface area contributed by atoms with Crippen molar-refractivity contribution in [2.24, 2.45) is 5.41 Å². The fourth-order valence-electron chi connectivity index (χ4n) is 2.48. The van der Waals surface area contributed by atoms with E-state index >= 15 is 0 Å². The zero-order valence-corrected chi connectivity index (χ0v) is 12.7. The van der Waals surface area contributed by atoms with Crippen molar-refractivity contribution in [3.05, 3.63) is 21.9 Å². The maximum absolute atomic E-state index is 12.2. The SMILES string of the molecule is CCC1(CNC(=O)c2sccc2C#CCCO)CCC1. The minimum absolute atomic E-state index is 0.0203. The molecule has 0 aromatic carbocycles. The smallest absolute Gasteiger partial charge is 0.262 e. The van der Waals surface area contributed by atoms with Crippen LogP contribution in [0.15, 0.2) is 11.4 Å². The summed E-state index contributed by atoms with van der Waals surface area (Å²) in [6.07, 6.45) is 5.28. The third kappa shape index (κ3) is 3.41. The average Bonchev–Trinajstić information content (AvgIpc) is 2.86. The molecular weight excluding hydrogens is 270 g/mol. The van der Waals surface area contributed by atoms with Crippen LogP contribution in [0.1, 0.15) is 54.3 Å². The number of aliphatic hydroxyl groups excluding tert-OH is 1. The summed E-state index contributed by atoms with van der Waals surface area (Å²) in [6, 6.07) is 1.86. The first kappa shape index (κ1) is 15.1. The van der Waals surface area contributed by atoms with Crippen LogP contribution in [0.4, 0.5) is 0 Å². The molecule has 1 aliphatic rings.